The van der Waals surface area contributed by atoms with Crippen molar-refractivity contribution in [3.05, 3.63) is 35.5 Å². The van der Waals surface area contributed by atoms with Crippen LogP contribution in [0.25, 0.3) is 10.9 Å². The van der Waals surface area contributed by atoms with Gasteiger partial charge < -0.3 is 10.3 Å². The number of fused-ring (bicyclic) bond motifs is 1. The number of aryl methyl sites for hydroxylation is 2. The van der Waals surface area contributed by atoms with E-state index >= 15 is 0 Å². The van der Waals surface area contributed by atoms with Gasteiger partial charge in [0.1, 0.15) is 0 Å². The summed E-state index contributed by atoms with van der Waals surface area (Å²) in [5.41, 5.74) is 9.04. The Labute approximate surface area is 108 Å². The van der Waals surface area contributed by atoms with Crippen molar-refractivity contribution in [2.24, 2.45) is 5.73 Å². The third-order valence-corrected chi connectivity index (χ3v) is 3.30. The monoisotopic (exact) mass is 241 g/mol. The molecule has 0 saturated carbocycles. The Morgan fingerprint density at radius 1 is 1.44 bits per heavy atom. The van der Waals surface area contributed by atoms with Gasteiger partial charge in [0.2, 0.25) is 0 Å². The van der Waals surface area contributed by atoms with E-state index in [9.17, 15) is 0 Å². The lowest BCUT2D eigenvalue weighted by Gasteiger charge is -2.03. The lowest BCUT2D eigenvalue weighted by molar-refractivity contribution is 0.665. The molecule has 0 amide bonds. The molecule has 94 valence electrons. The van der Waals surface area contributed by atoms with E-state index in [2.05, 4.69) is 23.8 Å². The minimum Gasteiger partial charge on any atom is -0.347 e. The van der Waals surface area contributed by atoms with Crippen LogP contribution in [-0.2, 0) is 13.0 Å². The van der Waals surface area contributed by atoms with Crippen molar-refractivity contribution < 1.29 is 0 Å². The van der Waals surface area contributed by atoms with Crippen molar-refractivity contribution in [3.63, 3.8) is 0 Å². The van der Waals surface area contributed by atoms with Crippen molar-refractivity contribution in [2.45, 2.75) is 39.3 Å². The fraction of sp³-hybridized carbons (Fsp3) is 0.400. The summed E-state index contributed by atoms with van der Waals surface area (Å²) in [5.74, 6) is 0. The van der Waals surface area contributed by atoms with Crippen LogP contribution >= 0.6 is 0 Å². The number of aromatic nitrogens is 1. The SMILES string of the molecule is CCn1cc(CC[C@@H](C)N)c2cc(C#N)ccc21. The number of nitrogens with two attached hydrogens (primary N) is 1. The zero-order valence-electron chi connectivity index (χ0n) is 11.0. The van der Waals surface area contributed by atoms with Crippen LogP contribution in [0, 0.1) is 11.3 Å². The van der Waals surface area contributed by atoms with Gasteiger partial charge in [-0.05, 0) is 50.5 Å². The molecule has 2 aromatic rings. The maximum Gasteiger partial charge on any atom is 0.0991 e. The Kier molecular flexibility index (Phi) is 3.69. The van der Waals surface area contributed by atoms with Gasteiger partial charge in [-0.15, -0.1) is 0 Å². The van der Waals surface area contributed by atoms with E-state index in [4.69, 9.17) is 11.0 Å². The summed E-state index contributed by atoms with van der Waals surface area (Å²) in [6, 6.07) is 8.31. The molecule has 2 rings (SSSR count). The van der Waals surface area contributed by atoms with Crippen LogP contribution in [0.2, 0.25) is 0 Å². The second-order valence-electron chi connectivity index (χ2n) is 4.80. The van der Waals surface area contributed by atoms with Crippen molar-refractivity contribution in [1.82, 2.24) is 4.57 Å². The van der Waals surface area contributed by atoms with Gasteiger partial charge in [0.25, 0.3) is 0 Å². The number of benzene rings is 1. The molecule has 0 bridgehead atoms. The Morgan fingerprint density at radius 3 is 2.83 bits per heavy atom. The maximum atomic E-state index is 8.99. The lowest BCUT2D eigenvalue weighted by Crippen LogP contribution is -2.15. The topological polar surface area (TPSA) is 54.7 Å². The molecule has 2 N–H and O–H groups in total. The van der Waals surface area contributed by atoms with E-state index in [1.807, 2.05) is 25.1 Å². The van der Waals surface area contributed by atoms with Gasteiger partial charge in [-0.2, -0.15) is 5.26 Å². The third-order valence-electron chi connectivity index (χ3n) is 3.30. The normalized spacial score (nSPS) is 12.6. The first kappa shape index (κ1) is 12.7. The summed E-state index contributed by atoms with van der Waals surface area (Å²) >= 11 is 0. The zero-order valence-corrected chi connectivity index (χ0v) is 11.0. The summed E-state index contributed by atoms with van der Waals surface area (Å²) in [4.78, 5) is 0. The van der Waals surface area contributed by atoms with E-state index in [0.717, 1.165) is 24.9 Å². The van der Waals surface area contributed by atoms with Gasteiger partial charge in [0.15, 0.2) is 0 Å². The van der Waals surface area contributed by atoms with Crippen molar-refractivity contribution in [2.75, 3.05) is 0 Å². The van der Waals surface area contributed by atoms with E-state index < -0.39 is 0 Å². The molecule has 0 aliphatic carbocycles. The van der Waals surface area contributed by atoms with Crippen molar-refractivity contribution >= 4 is 10.9 Å². The molecule has 0 radical (unpaired) electrons. The quantitative estimate of drug-likeness (QED) is 0.894. The smallest absolute Gasteiger partial charge is 0.0991 e. The maximum absolute atomic E-state index is 8.99. The van der Waals surface area contributed by atoms with Crippen molar-refractivity contribution in [3.8, 4) is 6.07 Å². The van der Waals surface area contributed by atoms with E-state index in [1.165, 1.54) is 16.5 Å². The predicted octanol–water partition coefficient (Wildman–Crippen LogP) is 2.81. The molecule has 1 aromatic carbocycles. The van der Waals surface area contributed by atoms with Crippen LogP contribution in [-0.4, -0.2) is 10.6 Å². The number of rotatable bonds is 4. The summed E-state index contributed by atoms with van der Waals surface area (Å²) in [6.07, 6.45) is 4.13. The highest BCUT2D eigenvalue weighted by Crippen LogP contribution is 2.24. The Bertz CT molecular complexity index is 588. The minimum atomic E-state index is 0.212. The van der Waals surface area contributed by atoms with Gasteiger partial charge in [0, 0.05) is 29.7 Å². The molecule has 0 spiro atoms. The highest BCUT2D eigenvalue weighted by molar-refractivity contribution is 5.85. The van der Waals surface area contributed by atoms with Gasteiger partial charge in [-0.3, -0.25) is 0 Å². The van der Waals surface area contributed by atoms with Crippen LogP contribution in [0.15, 0.2) is 24.4 Å². The average molecular weight is 241 g/mol. The Morgan fingerprint density at radius 2 is 2.22 bits per heavy atom. The summed E-state index contributed by atoms with van der Waals surface area (Å²) in [5, 5.41) is 10.2. The number of hydrogen-bond donors (Lipinski definition) is 1. The summed E-state index contributed by atoms with van der Waals surface area (Å²) < 4.78 is 2.23. The fourth-order valence-corrected chi connectivity index (χ4v) is 2.28. The Balaban J connectivity index is 2.47. The minimum absolute atomic E-state index is 0.212. The molecule has 0 aliphatic heterocycles. The van der Waals surface area contributed by atoms with Gasteiger partial charge in [0.05, 0.1) is 11.6 Å². The molecular formula is C15H19N3. The Hall–Kier alpha value is -1.79. The first-order chi connectivity index (χ1) is 8.65. The van der Waals surface area contributed by atoms with Gasteiger partial charge >= 0.3 is 0 Å². The number of nitriles is 1. The molecule has 1 aromatic heterocycles. The van der Waals surface area contributed by atoms with Crippen LogP contribution in [0.3, 0.4) is 0 Å². The van der Waals surface area contributed by atoms with Crippen molar-refractivity contribution in [1.29, 1.82) is 5.26 Å². The zero-order chi connectivity index (χ0) is 13.1. The molecule has 3 heteroatoms. The van der Waals surface area contributed by atoms with Gasteiger partial charge in [-0.25, -0.2) is 0 Å². The van der Waals surface area contributed by atoms with Crippen LogP contribution in [0.5, 0.6) is 0 Å². The molecule has 3 nitrogen and oxygen atoms in total. The van der Waals surface area contributed by atoms with Crippen LogP contribution < -0.4 is 5.73 Å². The molecule has 1 atom stereocenters. The largest absolute Gasteiger partial charge is 0.347 e. The molecule has 0 aliphatic rings. The molecule has 1 heterocycles. The third kappa shape index (κ3) is 2.39. The second kappa shape index (κ2) is 5.24. The number of nitrogens with zero attached hydrogens (tertiary/aromatic N) is 2. The van der Waals surface area contributed by atoms with Crippen LogP contribution in [0.4, 0.5) is 0 Å². The van der Waals surface area contributed by atoms with E-state index in [-0.39, 0.29) is 6.04 Å². The van der Waals surface area contributed by atoms with Gasteiger partial charge in [-0.1, -0.05) is 0 Å². The molecule has 0 fully saturated rings. The first-order valence-corrected chi connectivity index (χ1v) is 6.43. The second-order valence-corrected chi connectivity index (χ2v) is 4.80. The summed E-state index contributed by atoms with van der Waals surface area (Å²) in [6.45, 7) is 5.10. The fourth-order valence-electron chi connectivity index (χ4n) is 2.28. The van der Waals surface area contributed by atoms with E-state index in [1.54, 1.807) is 0 Å². The molecule has 18 heavy (non-hydrogen) atoms. The highest BCUT2D eigenvalue weighted by Gasteiger charge is 2.09. The molecular weight excluding hydrogens is 222 g/mol. The highest BCUT2D eigenvalue weighted by atomic mass is 14.9. The lowest BCUT2D eigenvalue weighted by atomic mass is 10.0. The number of hydrogen-bond acceptors (Lipinski definition) is 2. The standard InChI is InChI=1S/C15H19N3/c1-3-18-10-13(6-4-11(2)17)14-8-12(9-16)5-7-15(14)18/h5,7-8,10-11H,3-4,6,17H2,1-2H3/t11-/m1/s1. The predicted molar refractivity (Wildman–Crippen MR) is 74.3 cm³/mol. The molecule has 0 saturated heterocycles. The first-order valence-electron chi connectivity index (χ1n) is 6.43. The average Bonchev–Trinajstić information content (AvgIpc) is 2.73. The molecule has 0 unspecified atom stereocenters. The summed E-state index contributed by atoms with van der Waals surface area (Å²) in [7, 11) is 0. The van der Waals surface area contributed by atoms with Crippen LogP contribution in [0.1, 0.15) is 31.4 Å². The van der Waals surface area contributed by atoms with E-state index in [0.29, 0.717) is 0 Å².